The zero-order valence-electron chi connectivity index (χ0n) is 16.3. The van der Waals surface area contributed by atoms with Crippen LogP contribution in [0.4, 0.5) is 5.00 Å². The van der Waals surface area contributed by atoms with E-state index in [0.29, 0.717) is 29.0 Å². The van der Waals surface area contributed by atoms with Crippen molar-refractivity contribution in [3.05, 3.63) is 52.9 Å². The maximum absolute atomic E-state index is 12.9. The summed E-state index contributed by atoms with van der Waals surface area (Å²) < 4.78 is 5.22. The Morgan fingerprint density at radius 1 is 1.21 bits per heavy atom. The van der Waals surface area contributed by atoms with Crippen LogP contribution in [-0.2, 0) is 14.3 Å². The Bertz CT molecular complexity index is 962. The number of hydrogen-bond donors (Lipinski definition) is 2. The number of anilines is 1. The van der Waals surface area contributed by atoms with Gasteiger partial charge in [0.05, 0.1) is 18.4 Å². The quantitative estimate of drug-likeness (QED) is 0.537. The van der Waals surface area contributed by atoms with Crippen LogP contribution in [0.25, 0.3) is 11.1 Å². The molecule has 2 atom stereocenters. The number of hydrogen-bond acceptors (Lipinski definition) is 5. The summed E-state index contributed by atoms with van der Waals surface area (Å²) in [5, 5.41) is 14.4. The molecule has 0 spiro atoms. The number of nitrogens with one attached hydrogen (secondary N) is 1. The fourth-order valence-corrected chi connectivity index (χ4v) is 4.42. The summed E-state index contributed by atoms with van der Waals surface area (Å²) in [4.78, 5) is 37.0. The summed E-state index contributed by atoms with van der Waals surface area (Å²) >= 11 is 1.23. The Morgan fingerprint density at radius 2 is 1.93 bits per heavy atom. The summed E-state index contributed by atoms with van der Waals surface area (Å²) in [6.07, 6.45) is 4.28. The van der Waals surface area contributed by atoms with Gasteiger partial charge in [-0.3, -0.25) is 9.59 Å². The van der Waals surface area contributed by atoms with Crippen molar-refractivity contribution in [2.24, 2.45) is 11.8 Å². The van der Waals surface area contributed by atoms with Crippen LogP contribution >= 0.6 is 11.3 Å². The monoisotopic (exact) mass is 413 g/mol. The highest BCUT2D eigenvalue weighted by Gasteiger charge is 2.35. The lowest BCUT2D eigenvalue weighted by Gasteiger charge is -2.24. The first-order chi connectivity index (χ1) is 13.9. The van der Waals surface area contributed by atoms with Crippen molar-refractivity contribution in [3.8, 4) is 11.1 Å². The van der Waals surface area contributed by atoms with Gasteiger partial charge in [0.1, 0.15) is 10.6 Å². The van der Waals surface area contributed by atoms with E-state index in [0.717, 1.165) is 11.1 Å². The minimum atomic E-state index is -0.994. The van der Waals surface area contributed by atoms with Crippen LogP contribution in [0.2, 0.25) is 0 Å². The largest absolute Gasteiger partial charge is 0.481 e. The number of amides is 1. The van der Waals surface area contributed by atoms with E-state index in [-0.39, 0.29) is 6.61 Å². The molecule has 0 saturated carbocycles. The molecule has 1 aromatic heterocycles. The maximum atomic E-state index is 12.9. The van der Waals surface area contributed by atoms with E-state index in [1.54, 1.807) is 13.0 Å². The molecule has 3 rings (SSSR count). The third-order valence-corrected chi connectivity index (χ3v) is 5.82. The van der Waals surface area contributed by atoms with Crippen molar-refractivity contribution in [1.82, 2.24) is 0 Å². The molecule has 2 aromatic rings. The van der Waals surface area contributed by atoms with Gasteiger partial charge in [-0.15, -0.1) is 11.3 Å². The van der Waals surface area contributed by atoms with Gasteiger partial charge in [-0.25, -0.2) is 4.79 Å². The van der Waals surface area contributed by atoms with Crippen LogP contribution in [0.3, 0.4) is 0 Å². The van der Waals surface area contributed by atoms with E-state index in [1.165, 1.54) is 11.3 Å². The first kappa shape index (κ1) is 20.8. The highest BCUT2D eigenvalue weighted by molar-refractivity contribution is 7.15. The van der Waals surface area contributed by atoms with Crippen LogP contribution in [-0.4, -0.2) is 29.6 Å². The fourth-order valence-electron chi connectivity index (χ4n) is 3.46. The minimum absolute atomic E-state index is 0.212. The van der Waals surface area contributed by atoms with E-state index < -0.39 is 29.7 Å². The zero-order chi connectivity index (χ0) is 21.0. The average Bonchev–Trinajstić information content (AvgIpc) is 3.11. The third kappa shape index (κ3) is 4.56. The van der Waals surface area contributed by atoms with Crippen LogP contribution in [0.15, 0.2) is 41.8 Å². The summed E-state index contributed by atoms with van der Waals surface area (Å²) in [7, 11) is 0. The van der Waals surface area contributed by atoms with E-state index >= 15 is 0 Å². The molecular formula is C22H23NO5S. The molecule has 0 radical (unpaired) electrons. The number of benzene rings is 1. The zero-order valence-corrected chi connectivity index (χ0v) is 17.1. The highest BCUT2D eigenvalue weighted by atomic mass is 32.1. The molecule has 1 aliphatic carbocycles. The Balaban J connectivity index is 1.94. The molecule has 0 aliphatic heterocycles. The molecule has 0 saturated heterocycles. The van der Waals surface area contributed by atoms with Gasteiger partial charge in [0.15, 0.2) is 0 Å². The number of aliphatic carboxylic acids is 1. The first-order valence-corrected chi connectivity index (χ1v) is 10.3. The highest BCUT2D eigenvalue weighted by Crippen LogP contribution is 2.37. The SMILES string of the molecule is CCOC(=O)c1c(-c2cccc(C)c2)csc1NC(=O)[C@@H]1CC=CC[C@H]1C(=O)O. The molecule has 0 fully saturated rings. The lowest BCUT2D eigenvalue weighted by molar-refractivity contribution is -0.146. The number of aryl methyl sites for hydroxylation is 1. The van der Waals surface area contributed by atoms with Crippen molar-refractivity contribution in [3.63, 3.8) is 0 Å². The number of carbonyl (C=O) groups excluding carboxylic acids is 2. The fraction of sp³-hybridized carbons (Fsp3) is 0.318. The normalized spacial score (nSPS) is 18.3. The topological polar surface area (TPSA) is 92.7 Å². The molecule has 6 nitrogen and oxygen atoms in total. The second kappa shape index (κ2) is 9.05. The second-order valence-corrected chi connectivity index (χ2v) is 7.81. The molecule has 0 unspecified atom stereocenters. The van der Waals surface area contributed by atoms with E-state index in [1.807, 2.05) is 42.6 Å². The maximum Gasteiger partial charge on any atom is 0.341 e. The van der Waals surface area contributed by atoms with Gasteiger partial charge >= 0.3 is 11.9 Å². The van der Waals surface area contributed by atoms with Gasteiger partial charge in [-0.2, -0.15) is 0 Å². The van der Waals surface area contributed by atoms with Crippen molar-refractivity contribution < 1.29 is 24.2 Å². The Hall–Kier alpha value is -2.93. The van der Waals surface area contributed by atoms with Gasteiger partial charge in [0.2, 0.25) is 5.91 Å². The number of thiophene rings is 1. The van der Waals surface area contributed by atoms with Gasteiger partial charge in [0.25, 0.3) is 0 Å². The molecule has 2 N–H and O–H groups in total. The lowest BCUT2D eigenvalue weighted by atomic mass is 9.82. The summed E-state index contributed by atoms with van der Waals surface area (Å²) in [5.74, 6) is -3.37. The number of allylic oxidation sites excluding steroid dienone is 2. The summed E-state index contributed by atoms with van der Waals surface area (Å²) in [5.41, 5.74) is 2.89. The third-order valence-electron chi connectivity index (χ3n) is 4.92. The van der Waals surface area contributed by atoms with Crippen LogP contribution in [0, 0.1) is 18.8 Å². The standard InChI is InChI=1S/C22H23NO5S/c1-3-28-22(27)18-17(14-8-6-7-13(2)11-14)12-29-20(18)23-19(24)15-9-4-5-10-16(15)21(25)26/h4-8,11-12,15-16H,3,9-10H2,1-2H3,(H,23,24)(H,25,26)/t15-,16-/m1/s1. The number of carbonyl (C=O) groups is 3. The average molecular weight is 413 g/mol. The second-order valence-electron chi connectivity index (χ2n) is 6.93. The van der Waals surface area contributed by atoms with Crippen molar-refractivity contribution >= 4 is 34.2 Å². The number of rotatable bonds is 6. The number of carboxylic acids is 1. The van der Waals surface area contributed by atoms with Crippen LogP contribution < -0.4 is 5.32 Å². The molecule has 1 amide bonds. The van der Waals surface area contributed by atoms with Crippen molar-refractivity contribution in [1.29, 1.82) is 0 Å². The first-order valence-electron chi connectivity index (χ1n) is 9.46. The molecule has 29 heavy (non-hydrogen) atoms. The van der Waals surface area contributed by atoms with Crippen molar-refractivity contribution in [2.75, 3.05) is 11.9 Å². The van der Waals surface area contributed by atoms with Gasteiger partial charge in [-0.1, -0.05) is 42.0 Å². The van der Waals surface area contributed by atoms with Gasteiger partial charge < -0.3 is 15.2 Å². The molecular weight excluding hydrogens is 390 g/mol. The predicted octanol–water partition coefficient (Wildman–Crippen LogP) is 4.51. The van der Waals surface area contributed by atoms with E-state index in [9.17, 15) is 19.5 Å². The molecule has 152 valence electrons. The van der Waals surface area contributed by atoms with Crippen LogP contribution in [0.5, 0.6) is 0 Å². The van der Waals surface area contributed by atoms with Gasteiger partial charge in [0, 0.05) is 10.9 Å². The summed E-state index contributed by atoms with van der Waals surface area (Å²) in [6, 6.07) is 7.73. The van der Waals surface area contributed by atoms with Gasteiger partial charge in [-0.05, 0) is 32.3 Å². The minimum Gasteiger partial charge on any atom is -0.481 e. The molecule has 1 aliphatic rings. The lowest BCUT2D eigenvalue weighted by Crippen LogP contribution is -2.34. The summed E-state index contributed by atoms with van der Waals surface area (Å²) in [6.45, 7) is 3.90. The predicted molar refractivity (Wildman–Crippen MR) is 112 cm³/mol. The molecule has 1 heterocycles. The van der Waals surface area contributed by atoms with Crippen LogP contribution in [0.1, 0.15) is 35.7 Å². The number of ether oxygens (including phenoxy) is 1. The Kier molecular flexibility index (Phi) is 6.49. The Labute approximate surface area is 173 Å². The number of carboxylic acid groups (broad SMARTS) is 1. The van der Waals surface area contributed by atoms with E-state index in [2.05, 4.69) is 5.32 Å². The van der Waals surface area contributed by atoms with E-state index in [4.69, 9.17) is 4.74 Å². The van der Waals surface area contributed by atoms with Crippen molar-refractivity contribution in [2.45, 2.75) is 26.7 Å². The number of esters is 1. The molecule has 7 heteroatoms. The molecule has 0 bridgehead atoms. The molecule has 1 aromatic carbocycles. The Morgan fingerprint density at radius 3 is 2.59 bits per heavy atom. The smallest absolute Gasteiger partial charge is 0.341 e.